The molecule has 1 aromatic heterocycles. The maximum absolute atomic E-state index is 11.6. The lowest BCUT2D eigenvalue weighted by Crippen LogP contribution is -2.13. The van der Waals surface area contributed by atoms with Crippen LogP contribution in [0.15, 0.2) is 42.6 Å². The molecule has 110 valence electrons. The fourth-order valence-corrected chi connectivity index (χ4v) is 1.95. The van der Waals surface area contributed by atoms with Gasteiger partial charge in [-0.05, 0) is 31.2 Å². The van der Waals surface area contributed by atoms with Crippen LogP contribution in [-0.4, -0.2) is 31.7 Å². The monoisotopic (exact) mass is 286 g/mol. The fraction of sp³-hybridized carbons (Fsp3) is 0.250. The summed E-state index contributed by atoms with van der Waals surface area (Å²) in [7, 11) is 3.52. The molecule has 0 saturated carbocycles. The van der Waals surface area contributed by atoms with Gasteiger partial charge in [-0.1, -0.05) is 12.1 Å². The second-order valence-corrected chi connectivity index (χ2v) is 4.36. The number of carbonyl (C=O) groups excluding carboxylic acids is 1. The van der Waals surface area contributed by atoms with Crippen molar-refractivity contribution >= 4 is 17.5 Å². The van der Waals surface area contributed by atoms with Gasteiger partial charge in [-0.25, -0.2) is 9.78 Å². The molecular weight excluding hydrogens is 268 g/mol. The van der Waals surface area contributed by atoms with Gasteiger partial charge < -0.3 is 14.4 Å². The SMILES string of the molecule is CCOC(=O)c1ccc(N(C)c2ccccc2OC)nc1. The van der Waals surface area contributed by atoms with E-state index in [1.54, 1.807) is 26.2 Å². The van der Waals surface area contributed by atoms with Gasteiger partial charge in [0.1, 0.15) is 11.6 Å². The number of benzene rings is 1. The van der Waals surface area contributed by atoms with Gasteiger partial charge in [-0.3, -0.25) is 0 Å². The Morgan fingerprint density at radius 1 is 1.24 bits per heavy atom. The third kappa shape index (κ3) is 3.31. The van der Waals surface area contributed by atoms with Crippen molar-refractivity contribution in [3.05, 3.63) is 48.2 Å². The molecule has 0 radical (unpaired) electrons. The molecule has 2 rings (SSSR count). The maximum atomic E-state index is 11.6. The summed E-state index contributed by atoms with van der Waals surface area (Å²) in [6.07, 6.45) is 1.51. The van der Waals surface area contributed by atoms with Crippen LogP contribution in [0, 0.1) is 0 Å². The Balaban J connectivity index is 2.24. The zero-order valence-electron chi connectivity index (χ0n) is 12.4. The third-order valence-corrected chi connectivity index (χ3v) is 3.05. The molecule has 0 N–H and O–H groups in total. The van der Waals surface area contributed by atoms with Crippen molar-refractivity contribution in [1.29, 1.82) is 0 Å². The number of ether oxygens (including phenoxy) is 2. The summed E-state index contributed by atoms with van der Waals surface area (Å²) in [4.78, 5) is 17.8. The number of anilines is 2. The predicted molar refractivity (Wildman–Crippen MR) is 81.3 cm³/mol. The minimum absolute atomic E-state index is 0.349. The number of pyridine rings is 1. The molecule has 2 aromatic rings. The van der Waals surface area contributed by atoms with Crippen LogP contribution in [0.3, 0.4) is 0 Å². The minimum Gasteiger partial charge on any atom is -0.495 e. The molecule has 0 aliphatic carbocycles. The van der Waals surface area contributed by atoms with Gasteiger partial charge in [0, 0.05) is 13.2 Å². The zero-order chi connectivity index (χ0) is 15.2. The van der Waals surface area contributed by atoms with E-state index in [1.165, 1.54) is 6.20 Å². The molecule has 1 heterocycles. The van der Waals surface area contributed by atoms with Gasteiger partial charge in [0.2, 0.25) is 0 Å². The predicted octanol–water partition coefficient (Wildman–Crippen LogP) is 3.03. The number of hydrogen-bond donors (Lipinski definition) is 0. The van der Waals surface area contributed by atoms with Gasteiger partial charge in [0.15, 0.2) is 0 Å². The van der Waals surface area contributed by atoms with Gasteiger partial charge in [0.05, 0.1) is 25.0 Å². The molecule has 21 heavy (non-hydrogen) atoms. The average molecular weight is 286 g/mol. The van der Waals surface area contributed by atoms with E-state index in [0.29, 0.717) is 18.0 Å². The van der Waals surface area contributed by atoms with Crippen LogP contribution in [0.4, 0.5) is 11.5 Å². The quantitative estimate of drug-likeness (QED) is 0.791. The van der Waals surface area contributed by atoms with Crippen molar-refractivity contribution in [2.75, 3.05) is 25.7 Å². The largest absolute Gasteiger partial charge is 0.495 e. The normalized spacial score (nSPS) is 10.0. The van der Waals surface area contributed by atoms with E-state index in [0.717, 1.165) is 11.4 Å². The first-order chi connectivity index (χ1) is 10.2. The highest BCUT2D eigenvalue weighted by atomic mass is 16.5. The Morgan fingerprint density at radius 2 is 2.00 bits per heavy atom. The van der Waals surface area contributed by atoms with Crippen LogP contribution in [0.25, 0.3) is 0 Å². The first-order valence-corrected chi connectivity index (χ1v) is 6.67. The number of aromatic nitrogens is 1. The number of methoxy groups -OCH3 is 1. The molecule has 0 amide bonds. The topological polar surface area (TPSA) is 51.7 Å². The van der Waals surface area contributed by atoms with E-state index >= 15 is 0 Å². The molecule has 0 fully saturated rings. The lowest BCUT2D eigenvalue weighted by molar-refractivity contribution is 0.0526. The minimum atomic E-state index is -0.364. The Kier molecular flexibility index (Phi) is 4.77. The summed E-state index contributed by atoms with van der Waals surface area (Å²) in [5.41, 5.74) is 1.34. The molecule has 0 unspecified atom stereocenters. The molecule has 5 heteroatoms. The Labute approximate surface area is 124 Å². The average Bonchev–Trinajstić information content (AvgIpc) is 2.54. The van der Waals surface area contributed by atoms with Crippen LogP contribution in [-0.2, 0) is 4.74 Å². The Bertz CT molecular complexity index is 611. The summed E-state index contributed by atoms with van der Waals surface area (Å²) in [6.45, 7) is 2.12. The molecule has 0 aliphatic heterocycles. The zero-order valence-corrected chi connectivity index (χ0v) is 12.4. The number of esters is 1. The molecule has 0 atom stereocenters. The van der Waals surface area contributed by atoms with Crippen molar-refractivity contribution in [3.8, 4) is 5.75 Å². The maximum Gasteiger partial charge on any atom is 0.339 e. The van der Waals surface area contributed by atoms with Crippen LogP contribution in [0.1, 0.15) is 17.3 Å². The highest BCUT2D eigenvalue weighted by Crippen LogP contribution is 2.30. The van der Waals surface area contributed by atoms with Crippen LogP contribution >= 0.6 is 0 Å². The summed E-state index contributed by atoms with van der Waals surface area (Å²) < 4.78 is 10.3. The van der Waals surface area contributed by atoms with Crippen molar-refractivity contribution in [3.63, 3.8) is 0 Å². The molecular formula is C16H18N2O3. The van der Waals surface area contributed by atoms with Crippen LogP contribution in [0.5, 0.6) is 5.75 Å². The summed E-state index contributed by atoms with van der Waals surface area (Å²) in [5, 5.41) is 0. The molecule has 0 bridgehead atoms. The summed E-state index contributed by atoms with van der Waals surface area (Å²) in [6, 6.07) is 11.2. The lowest BCUT2D eigenvalue weighted by Gasteiger charge is -2.20. The molecule has 0 aliphatic rings. The van der Waals surface area contributed by atoms with E-state index in [-0.39, 0.29) is 5.97 Å². The lowest BCUT2D eigenvalue weighted by atomic mass is 10.2. The first-order valence-electron chi connectivity index (χ1n) is 6.67. The van der Waals surface area contributed by atoms with Gasteiger partial charge in [0.25, 0.3) is 0 Å². The molecule has 5 nitrogen and oxygen atoms in total. The van der Waals surface area contributed by atoms with Gasteiger partial charge in [-0.15, -0.1) is 0 Å². The van der Waals surface area contributed by atoms with Gasteiger partial charge in [-0.2, -0.15) is 0 Å². The molecule has 0 saturated heterocycles. The van der Waals surface area contributed by atoms with Crippen LogP contribution in [0.2, 0.25) is 0 Å². The van der Waals surface area contributed by atoms with E-state index < -0.39 is 0 Å². The number of nitrogens with zero attached hydrogens (tertiary/aromatic N) is 2. The van der Waals surface area contributed by atoms with E-state index in [1.807, 2.05) is 36.2 Å². The van der Waals surface area contributed by atoms with E-state index in [2.05, 4.69) is 4.98 Å². The highest BCUT2D eigenvalue weighted by molar-refractivity contribution is 5.89. The molecule has 1 aromatic carbocycles. The Morgan fingerprint density at radius 3 is 2.62 bits per heavy atom. The fourth-order valence-electron chi connectivity index (χ4n) is 1.95. The number of rotatable bonds is 5. The van der Waals surface area contributed by atoms with E-state index in [4.69, 9.17) is 9.47 Å². The first kappa shape index (κ1) is 14.8. The Hall–Kier alpha value is -2.56. The molecule has 0 spiro atoms. The number of carbonyl (C=O) groups is 1. The van der Waals surface area contributed by atoms with Crippen molar-refractivity contribution in [1.82, 2.24) is 4.98 Å². The smallest absolute Gasteiger partial charge is 0.339 e. The van der Waals surface area contributed by atoms with Crippen molar-refractivity contribution in [2.45, 2.75) is 6.92 Å². The van der Waals surface area contributed by atoms with E-state index in [9.17, 15) is 4.79 Å². The highest BCUT2D eigenvalue weighted by Gasteiger charge is 2.12. The summed E-state index contributed by atoms with van der Waals surface area (Å²) >= 11 is 0. The van der Waals surface area contributed by atoms with Crippen LogP contribution < -0.4 is 9.64 Å². The second kappa shape index (κ2) is 6.74. The van der Waals surface area contributed by atoms with Crippen molar-refractivity contribution in [2.24, 2.45) is 0 Å². The second-order valence-electron chi connectivity index (χ2n) is 4.36. The standard InChI is InChI=1S/C16H18N2O3/c1-4-21-16(19)12-9-10-15(17-11-12)18(2)13-7-5-6-8-14(13)20-3/h5-11H,4H2,1-3H3. The summed E-state index contributed by atoms with van der Waals surface area (Å²) in [5.74, 6) is 1.11. The number of hydrogen-bond acceptors (Lipinski definition) is 5. The van der Waals surface area contributed by atoms with Crippen molar-refractivity contribution < 1.29 is 14.3 Å². The number of para-hydroxylation sites is 2. The third-order valence-electron chi connectivity index (χ3n) is 3.05. The van der Waals surface area contributed by atoms with Gasteiger partial charge >= 0.3 is 5.97 Å².